The van der Waals surface area contributed by atoms with Crippen LogP contribution in [0, 0.1) is 5.92 Å². The summed E-state index contributed by atoms with van der Waals surface area (Å²) in [5.74, 6) is 0.225. The molecule has 5 heteroatoms. The van der Waals surface area contributed by atoms with E-state index in [0.29, 0.717) is 6.04 Å². The zero-order valence-corrected chi connectivity index (χ0v) is 13.8. The van der Waals surface area contributed by atoms with E-state index in [0.717, 1.165) is 44.6 Å². The van der Waals surface area contributed by atoms with Crippen molar-refractivity contribution >= 4 is 18.3 Å². The van der Waals surface area contributed by atoms with Gasteiger partial charge in [0.2, 0.25) is 5.91 Å². The van der Waals surface area contributed by atoms with E-state index in [1.54, 1.807) is 0 Å². The number of hydrogen-bond donors (Lipinski definition) is 1. The van der Waals surface area contributed by atoms with Gasteiger partial charge in [-0.15, -0.1) is 12.4 Å². The first-order valence-electron chi connectivity index (χ1n) is 7.94. The first kappa shape index (κ1) is 17.3. The van der Waals surface area contributed by atoms with Crippen LogP contribution in [0.4, 0.5) is 0 Å². The molecule has 1 aromatic rings. The van der Waals surface area contributed by atoms with Gasteiger partial charge in [0.25, 0.3) is 0 Å². The minimum Gasteiger partial charge on any atom is -0.373 e. The van der Waals surface area contributed by atoms with E-state index in [1.807, 2.05) is 23.1 Å². The minimum absolute atomic E-state index is 0. The molecule has 0 aliphatic carbocycles. The normalized spacial score (nSPS) is 28.8. The van der Waals surface area contributed by atoms with Crippen LogP contribution in [0.5, 0.6) is 0 Å². The number of piperazine rings is 1. The first-order valence-corrected chi connectivity index (χ1v) is 7.94. The van der Waals surface area contributed by atoms with Crippen molar-refractivity contribution in [1.82, 2.24) is 10.2 Å². The summed E-state index contributed by atoms with van der Waals surface area (Å²) in [6, 6.07) is 10.5. The van der Waals surface area contributed by atoms with Crippen LogP contribution in [0.3, 0.4) is 0 Å². The van der Waals surface area contributed by atoms with E-state index < -0.39 is 0 Å². The molecule has 1 N–H and O–H groups in total. The third-order valence-electron chi connectivity index (χ3n) is 4.45. The van der Waals surface area contributed by atoms with Crippen molar-refractivity contribution in [2.75, 3.05) is 26.2 Å². The number of hydrogen-bond acceptors (Lipinski definition) is 3. The number of halogens is 1. The Morgan fingerprint density at radius 3 is 2.82 bits per heavy atom. The zero-order chi connectivity index (χ0) is 14.7. The lowest BCUT2D eigenvalue weighted by Crippen LogP contribution is -2.53. The molecule has 22 heavy (non-hydrogen) atoms. The van der Waals surface area contributed by atoms with E-state index in [1.165, 1.54) is 0 Å². The monoisotopic (exact) mass is 324 g/mol. The smallest absolute Gasteiger partial charge is 0.228 e. The number of benzene rings is 1. The Kier molecular flexibility index (Phi) is 6.24. The lowest BCUT2D eigenvalue weighted by Gasteiger charge is -2.38. The molecule has 1 aromatic carbocycles. The van der Waals surface area contributed by atoms with Gasteiger partial charge < -0.3 is 15.0 Å². The van der Waals surface area contributed by atoms with Gasteiger partial charge in [-0.1, -0.05) is 30.3 Å². The number of amides is 1. The lowest BCUT2D eigenvalue weighted by molar-refractivity contribution is -0.146. The fourth-order valence-corrected chi connectivity index (χ4v) is 3.37. The highest BCUT2D eigenvalue weighted by Gasteiger charge is 2.36. The van der Waals surface area contributed by atoms with Gasteiger partial charge in [0, 0.05) is 32.3 Å². The number of carbonyl (C=O) groups is 1. The Morgan fingerprint density at radius 2 is 2.09 bits per heavy atom. The third-order valence-corrected chi connectivity index (χ3v) is 4.45. The van der Waals surface area contributed by atoms with Crippen molar-refractivity contribution in [3.05, 3.63) is 35.9 Å². The van der Waals surface area contributed by atoms with Crippen molar-refractivity contribution in [2.45, 2.75) is 31.9 Å². The van der Waals surface area contributed by atoms with Gasteiger partial charge >= 0.3 is 0 Å². The summed E-state index contributed by atoms with van der Waals surface area (Å²) in [5.41, 5.74) is 1.12. The maximum atomic E-state index is 12.9. The quantitative estimate of drug-likeness (QED) is 0.908. The fraction of sp³-hybridized carbons (Fsp3) is 0.588. The second-order valence-corrected chi connectivity index (χ2v) is 6.09. The number of nitrogens with one attached hydrogen (secondary N) is 1. The van der Waals surface area contributed by atoms with Crippen molar-refractivity contribution in [2.24, 2.45) is 5.92 Å². The first-order chi connectivity index (χ1) is 10.3. The van der Waals surface area contributed by atoms with E-state index in [9.17, 15) is 4.79 Å². The lowest BCUT2D eigenvalue weighted by atomic mass is 9.88. The molecule has 2 aliphatic rings. The Labute approximate surface area is 138 Å². The molecule has 1 amide bonds. The van der Waals surface area contributed by atoms with E-state index in [2.05, 4.69) is 24.4 Å². The van der Waals surface area contributed by atoms with Crippen LogP contribution in [-0.2, 0) is 9.53 Å². The molecule has 2 saturated heterocycles. The summed E-state index contributed by atoms with van der Waals surface area (Å²) in [7, 11) is 0. The second kappa shape index (κ2) is 7.95. The zero-order valence-electron chi connectivity index (χ0n) is 13.0. The van der Waals surface area contributed by atoms with Crippen molar-refractivity contribution in [1.29, 1.82) is 0 Å². The Balaban J connectivity index is 0.00000176. The molecule has 2 fully saturated rings. The van der Waals surface area contributed by atoms with Crippen LogP contribution in [0.1, 0.15) is 31.4 Å². The fourth-order valence-electron chi connectivity index (χ4n) is 3.37. The number of nitrogens with zero attached hydrogens (tertiary/aromatic N) is 1. The van der Waals surface area contributed by atoms with Crippen LogP contribution in [0.15, 0.2) is 30.3 Å². The van der Waals surface area contributed by atoms with Gasteiger partial charge in [-0.3, -0.25) is 4.79 Å². The second-order valence-electron chi connectivity index (χ2n) is 6.09. The van der Waals surface area contributed by atoms with Crippen LogP contribution in [0.25, 0.3) is 0 Å². The van der Waals surface area contributed by atoms with E-state index >= 15 is 0 Å². The molecule has 3 rings (SSSR count). The molecular weight excluding hydrogens is 300 g/mol. The molecule has 0 spiro atoms. The molecule has 0 saturated carbocycles. The van der Waals surface area contributed by atoms with Crippen molar-refractivity contribution in [3.63, 3.8) is 0 Å². The van der Waals surface area contributed by atoms with Crippen molar-refractivity contribution in [3.8, 4) is 0 Å². The van der Waals surface area contributed by atoms with Crippen LogP contribution in [0.2, 0.25) is 0 Å². The predicted octanol–water partition coefficient (Wildman–Crippen LogP) is 2.40. The van der Waals surface area contributed by atoms with Gasteiger partial charge in [0.05, 0.1) is 12.0 Å². The molecule has 4 nitrogen and oxygen atoms in total. The molecule has 2 aliphatic heterocycles. The number of ether oxygens (including phenoxy) is 1. The van der Waals surface area contributed by atoms with Gasteiger partial charge in [0.15, 0.2) is 0 Å². The van der Waals surface area contributed by atoms with E-state index in [-0.39, 0.29) is 30.3 Å². The Hall–Kier alpha value is -1.10. The highest BCUT2D eigenvalue weighted by atomic mass is 35.5. The maximum absolute atomic E-state index is 12.9. The molecule has 0 radical (unpaired) electrons. The summed E-state index contributed by atoms with van der Waals surface area (Å²) in [5, 5.41) is 3.39. The minimum atomic E-state index is -0.0855. The van der Waals surface area contributed by atoms with Crippen LogP contribution >= 0.6 is 12.4 Å². The summed E-state index contributed by atoms with van der Waals surface area (Å²) < 4.78 is 5.95. The van der Waals surface area contributed by atoms with Crippen LogP contribution < -0.4 is 5.32 Å². The van der Waals surface area contributed by atoms with Gasteiger partial charge in [-0.05, 0) is 25.3 Å². The molecule has 0 aromatic heterocycles. The molecule has 3 atom stereocenters. The maximum Gasteiger partial charge on any atom is 0.228 e. The van der Waals surface area contributed by atoms with Gasteiger partial charge in [-0.2, -0.15) is 0 Å². The average Bonchev–Trinajstić information content (AvgIpc) is 2.55. The SMILES string of the molecule is C[C@@H]1CN(C(=O)C2CCCOC2c2ccccc2)CCN1.Cl. The third kappa shape index (κ3) is 3.80. The molecular formula is C17H25ClN2O2. The number of carbonyl (C=O) groups excluding carboxylic acids is 1. The van der Waals surface area contributed by atoms with Gasteiger partial charge in [-0.25, -0.2) is 0 Å². The Morgan fingerprint density at radius 1 is 1.32 bits per heavy atom. The standard InChI is InChI=1S/C17H24N2O2.ClH/c1-13-12-19(10-9-18-13)17(20)15-8-5-11-21-16(15)14-6-3-2-4-7-14;/h2-4,6-7,13,15-16,18H,5,8-12H2,1H3;1H/t13-,15?,16?;/m1./s1. The van der Waals surface area contributed by atoms with Gasteiger partial charge in [0.1, 0.15) is 0 Å². The molecule has 2 unspecified atom stereocenters. The summed E-state index contributed by atoms with van der Waals surface area (Å²) in [6.45, 7) is 5.38. The average molecular weight is 325 g/mol. The number of rotatable bonds is 2. The highest BCUT2D eigenvalue weighted by molar-refractivity contribution is 5.85. The largest absolute Gasteiger partial charge is 0.373 e. The molecule has 2 heterocycles. The van der Waals surface area contributed by atoms with Crippen molar-refractivity contribution < 1.29 is 9.53 Å². The summed E-state index contributed by atoms with van der Waals surface area (Å²) >= 11 is 0. The van der Waals surface area contributed by atoms with E-state index in [4.69, 9.17) is 4.74 Å². The highest BCUT2D eigenvalue weighted by Crippen LogP contribution is 2.35. The predicted molar refractivity (Wildman–Crippen MR) is 89.2 cm³/mol. The topological polar surface area (TPSA) is 41.6 Å². The van der Waals surface area contributed by atoms with Crippen LogP contribution in [-0.4, -0.2) is 43.1 Å². The summed E-state index contributed by atoms with van der Waals surface area (Å²) in [6.07, 6.45) is 1.82. The molecule has 122 valence electrons. The Bertz CT molecular complexity index is 483. The molecule has 0 bridgehead atoms. The summed E-state index contributed by atoms with van der Waals surface area (Å²) in [4.78, 5) is 14.9.